The number of carbonyl (C=O) groups excluding carboxylic acids is 1. The molecule has 2 aromatic rings. The molecule has 1 amide bonds. The van der Waals surface area contributed by atoms with Crippen LogP contribution in [0.5, 0.6) is 0 Å². The molecule has 15 nitrogen and oxygen atoms in total. The van der Waals surface area contributed by atoms with Crippen LogP contribution in [0.15, 0.2) is 6.33 Å². The Morgan fingerprint density at radius 3 is 2.61 bits per heavy atom. The van der Waals surface area contributed by atoms with Crippen molar-refractivity contribution >= 4 is 38.5 Å². The summed E-state index contributed by atoms with van der Waals surface area (Å²) in [6.45, 7) is -0.445. The Kier molecular flexibility index (Phi) is 5.23. The Bertz CT molecular complexity index is 1140. The van der Waals surface area contributed by atoms with Crippen molar-refractivity contribution in [3.05, 3.63) is 12.2 Å². The minimum atomic E-state index is -4.89. The van der Waals surface area contributed by atoms with Gasteiger partial charge in [-0.1, -0.05) is 0 Å². The number of phosphoric ester groups is 2. The molecule has 2 aromatic heterocycles. The zero-order chi connectivity index (χ0) is 22.8. The number of hydrogen-bond donors (Lipinski definition) is 6. The number of fused-ring (bicyclic) bond motifs is 2. The Morgan fingerprint density at radius 1 is 1.32 bits per heavy atom. The lowest BCUT2D eigenvalue weighted by Crippen LogP contribution is -2.26. The van der Waals surface area contributed by atoms with Gasteiger partial charge in [0.05, 0.1) is 19.0 Å². The van der Waals surface area contributed by atoms with Crippen LogP contribution >= 0.6 is 15.6 Å². The number of aromatic nitrogens is 4. The average molecular weight is 478 g/mol. The topological polar surface area (TPSA) is 232 Å². The van der Waals surface area contributed by atoms with Crippen LogP contribution in [0.4, 0.5) is 5.82 Å². The third-order valence-electron chi connectivity index (χ3n) is 5.74. The molecule has 7 N–H and O–H groups in total. The molecule has 17 heteroatoms. The van der Waals surface area contributed by atoms with Crippen LogP contribution in [0.25, 0.3) is 11.2 Å². The molecule has 31 heavy (non-hydrogen) atoms. The van der Waals surface area contributed by atoms with E-state index in [0.29, 0.717) is 11.9 Å². The minimum Gasteiger partial charge on any atom is -0.371 e. The molecule has 2 aliphatic rings. The van der Waals surface area contributed by atoms with Crippen LogP contribution in [0.2, 0.25) is 0 Å². The molecule has 0 radical (unpaired) electrons. The van der Waals surface area contributed by atoms with Crippen molar-refractivity contribution in [3.8, 4) is 0 Å². The number of carbonyl (C=O) groups is 1. The van der Waals surface area contributed by atoms with Crippen molar-refractivity contribution < 1.29 is 42.5 Å². The van der Waals surface area contributed by atoms with Gasteiger partial charge in [0, 0.05) is 18.5 Å². The van der Waals surface area contributed by atoms with Gasteiger partial charge < -0.3 is 35.2 Å². The van der Waals surface area contributed by atoms with Crippen LogP contribution in [0.3, 0.4) is 0 Å². The molecule has 0 aromatic carbocycles. The highest BCUT2D eigenvalue weighted by molar-refractivity contribution is 7.46. The molecule has 2 heterocycles. The molecule has 0 bridgehead atoms. The van der Waals surface area contributed by atoms with Crippen LogP contribution < -0.4 is 11.1 Å². The maximum atomic E-state index is 11.6. The second kappa shape index (κ2) is 7.29. The zero-order valence-corrected chi connectivity index (χ0v) is 17.8. The second-order valence-corrected chi connectivity index (χ2v) is 9.96. The highest BCUT2D eigenvalue weighted by Gasteiger charge is 2.70. The number of anilines is 1. The first kappa shape index (κ1) is 22.2. The molecule has 0 unspecified atom stereocenters. The lowest BCUT2D eigenvalue weighted by molar-refractivity contribution is 0.0498. The van der Waals surface area contributed by atoms with E-state index in [9.17, 15) is 23.7 Å². The summed E-state index contributed by atoms with van der Waals surface area (Å²) in [7, 11) is -8.12. The molecular weight excluding hydrogens is 458 g/mol. The number of amides is 1. The predicted molar refractivity (Wildman–Crippen MR) is 102 cm³/mol. The Hall–Kier alpha value is -1.96. The molecule has 2 saturated carbocycles. The lowest BCUT2D eigenvalue weighted by Gasteiger charge is -2.24. The van der Waals surface area contributed by atoms with Crippen molar-refractivity contribution in [1.29, 1.82) is 0 Å². The van der Waals surface area contributed by atoms with E-state index in [0.717, 1.165) is 0 Å². The van der Waals surface area contributed by atoms with Crippen LogP contribution in [-0.2, 0) is 18.2 Å². The van der Waals surface area contributed by atoms with E-state index in [1.54, 1.807) is 11.6 Å². The summed E-state index contributed by atoms with van der Waals surface area (Å²) in [4.78, 5) is 60.8. The van der Waals surface area contributed by atoms with Crippen LogP contribution in [0, 0.1) is 11.3 Å². The second-order valence-electron chi connectivity index (χ2n) is 7.53. The van der Waals surface area contributed by atoms with Gasteiger partial charge in [-0.25, -0.2) is 24.1 Å². The Balaban J connectivity index is 1.73. The van der Waals surface area contributed by atoms with E-state index in [4.69, 9.17) is 20.0 Å². The molecule has 170 valence electrons. The fourth-order valence-electron chi connectivity index (χ4n) is 4.39. The molecule has 0 saturated heterocycles. The number of phosphoric acid groups is 2. The van der Waals surface area contributed by atoms with Gasteiger partial charge in [0.2, 0.25) is 5.82 Å². The van der Waals surface area contributed by atoms with Gasteiger partial charge in [0.25, 0.3) is 5.91 Å². The van der Waals surface area contributed by atoms with Crippen molar-refractivity contribution in [3.63, 3.8) is 0 Å². The average Bonchev–Trinajstić information content (AvgIpc) is 3.11. The summed E-state index contributed by atoms with van der Waals surface area (Å²) in [6, 6.07) is -0.442. The first-order valence-electron chi connectivity index (χ1n) is 9.01. The van der Waals surface area contributed by atoms with Crippen molar-refractivity contribution in [2.75, 3.05) is 19.0 Å². The molecule has 0 aliphatic heterocycles. The van der Waals surface area contributed by atoms with Gasteiger partial charge in [-0.15, -0.1) is 0 Å². The van der Waals surface area contributed by atoms with Gasteiger partial charge in [-0.3, -0.25) is 13.8 Å². The van der Waals surface area contributed by atoms with Crippen molar-refractivity contribution in [2.24, 2.45) is 17.1 Å². The summed E-state index contributed by atoms with van der Waals surface area (Å²) in [5.41, 5.74) is 4.93. The van der Waals surface area contributed by atoms with E-state index >= 15 is 0 Å². The van der Waals surface area contributed by atoms with Crippen LogP contribution in [-0.4, -0.2) is 64.8 Å². The normalized spacial score (nSPS) is 28.0. The zero-order valence-electron chi connectivity index (χ0n) is 16.0. The van der Waals surface area contributed by atoms with E-state index in [1.807, 2.05) is 0 Å². The highest BCUT2D eigenvalue weighted by atomic mass is 31.2. The minimum absolute atomic E-state index is 0.0938. The summed E-state index contributed by atoms with van der Waals surface area (Å²) in [5.74, 6) is -1.12. The summed E-state index contributed by atoms with van der Waals surface area (Å²) < 4.78 is 33.9. The fourth-order valence-corrected chi connectivity index (χ4v) is 5.42. The van der Waals surface area contributed by atoms with E-state index in [1.165, 1.54) is 6.33 Å². The predicted octanol–water partition coefficient (Wildman–Crippen LogP) is -0.495. The molecule has 4 rings (SSSR count). The van der Waals surface area contributed by atoms with Crippen molar-refractivity contribution in [1.82, 2.24) is 19.5 Å². The Labute approximate surface area is 174 Å². The number of primary amides is 1. The van der Waals surface area contributed by atoms with E-state index < -0.39 is 45.7 Å². The van der Waals surface area contributed by atoms with Gasteiger partial charge >= 0.3 is 15.6 Å². The molecular formula is C14H20N6O9P2. The molecule has 2 aliphatic carbocycles. The first-order chi connectivity index (χ1) is 14.3. The number of nitrogens with zero attached hydrogens (tertiary/aromatic N) is 4. The summed E-state index contributed by atoms with van der Waals surface area (Å²) in [6.07, 6.45) is 0.849. The third-order valence-corrected chi connectivity index (χ3v) is 6.74. The van der Waals surface area contributed by atoms with E-state index in [-0.39, 0.29) is 29.6 Å². The number of nitrogens with two attached hydrogens (primary N) is 1. The molecule has 2 fully saturated rings. The maximum absolute atomic E-state index is 11.6. The van der Waals surface area contributed by atoms with Gasteiger partial charge in [-0.2, -0.15) is 0 Å². The SMILES string of the molecule is CNc1nc(C(N)=O)nc2c1ncn2[C@H]1C[C@H](OP(=O)(O)O)[C@]2(COP(=O)(O)O)C[C@H]12. The summed E-state index contributed by atoms with van der Waals surface area (Å²) >= 11 is 0. The molecule has 4 atom stereocenters. The van der Waals surface area contributed by atoms with E-state index in [2.05, 4.69) is 24.8 Å². The highest BCUT2D eigenvalue weighted by Crippen LogP contribution is 2.71. The van der Waals surface area contributed by atoms with Gasteiger partial charge in [0.1, 0.15) is 5.52 Å². The first-order valence-corrected chi connectivity index (χ1v) is 12.1. The fraction of sp³-hybridized carbons (Fsp3) is 0.571. The van der Waals surface area contributed by atoms with Gasteiger partial charge in [-0.05, 0) is 18.8 Å². The Morgan fingerprint density at radius 2 is 2.03 bits per heavy atom. The monoisotopic (exact) mass is 478 g/mol. The largest absolute Gasteiger partial charge is 0.469 e. The van der Waals surface area contributed by atoms with Gasteiger partial charge in [0.15, 0.2) is 11.5 Å². The van der Waals surface area contributed by atoms with Crippen molar-refractivity contribution in [2.45, 2.75) is 25.0 Å². The smallest absolute Gasteiger partial charge is 0.371 e. The number of hydrogen-bond acceptors (Lipinski definition) is 9. The maximum Gasteiger partial charge on any atom is 0.469 e. The number of rotatable bonds is 8. The van der Waals surface area contributed by atoms with Crippen LogP contribution in [0.1, 0.15) is 29.5 Å². The lowest BCUT2D eigenvalue weighted by atomic mass is 10.0. The summed E-state index contributed by atoms with van der Waals surface area (Å²) in [5, 5.41) is 2.81. The number of nitrogens with one attached hydrogen (secondary N) is 1. The third kappa shape index (κ3) is 4.11. The molecule has 0 spiro atoms. The quantitative estimate of drug-likeness (QED) is 0.263. The number of imidazole rings is 1. The standard InChI is InChI=1S/C14H20N6O9P2/c1-16-11-9-13(19-12(18-11)10(15)21)20(5-17-9)7-2-8(29-31(25,26)27)14(3-6(7)14)4-28-30(22,23)24/h5-8H,2-4H2,1H3,(H2,15,21)(H,16,18,19)(H2,22,23,24)(H2,25,26,27)/t6-,7+,8+,14+/m1/s1.